The van der Waals surface area contributed by atoms with Crippen molar-refractivity contribution in [3.8, 4) is 0 Å². The summed E-state index contributed by atoms with van der Waals surface area (Å²) in [5.74, 6) is 2.44. The smallest absolute Gasteiger partial charge is 0.261 e. The van der Waals surface area contributed by atoms with E-state index in [1.54, 1.807) is 24.3 Å². The number of carbonyl (C=O) groups is 2. The number of hydrogen-bond acceptors (Lipinski definition) is 5. The van der Waals surface area contributed by atoms with Gasteiger partial charge in [0.2, 0.25) is 0 Å². The summed E-state index contributed by atoms with van der Waals surface area (Å²) in [5, 5.41) is 0. The Morgan fingerprint density at radius 3 is 1.33 bits per heavy atom. The van der Waals surface area contributed by atoms with E-state index in [0.717, 1.165) is 37.4 Å². The first kappa shape index (κ1) is 44.3. The van der Waals surface area contributed by atoms with E-state index in [0.29, 0.717) is 33.9 Å². The van der Waals surface area contributed by atoms with E-state index >= 15 is 0 Å². The van der Waals surface area contributed by atoms with Crippen LogP contribution in [-0.4, -0.2) is 86.5 Å². The third-order valence-corrected chi connectivity index (χ3v) is 10.6. The quantitative estimate of drug-likeness (QED) is 0.293. The van der Waals surface area contributed by atoms with Crippen molar-refractivity contribution in [3.63, 3.8) is 0 Å². The zero-order valence-corrected chi connectivity index (χ0v) is 33.1. The highest BCUT2D eigenvalue weighted by molar-refractivity contribution is 6.21. The minimum atomic E-state index is -0.158. The molecule has 0 aromatic heterocycles. The highest BCUT2D eigenvalue weighted by atomic mass is 16.5. The zero-order valence-electron chi connectivity index (χ0n) is 33.1. The first-order chi connectivity index (χ1) is 21.5. The lowest BCUT2D eigenvalue weighted by Crippen LogP contribution is -2.49. The van der Waals surface area contributed by atoms with Crippen LogP contribution in [0.4, 0.5) is 0 Å². The molecule has 0 N–H and O–H groups in total. The second-order valence-corrected chi connectivity index (χ2v) is 19.1. The Morgan fingerprint density at radius 2 is 1.02 bits per heavy atom. The van der Waals surface area contributed by atoms with Crippen LogP contribution >= 0.6 is 0 Å². The second kappa shape index (κ2) is 18.5. The molecule has 5 rings (SSSR count). The lowest BCUT2D eigenvalue weighted by atomic mass is 9.75. The Bertz CT molecular complexity index is 1060. The molecule has 1 aromatic rings. The number of nitrogens with zero attached hydrogens (tertiary/aromatic N) is 3. The fourth-order valence-corrected chi connectivity index (χ4v) is 6.57. The van der Waals surface area contributed by atoms with E-state index in [4.69, 9.17) is 4.74 Å². The summed E-state index contributed by atoms with van der Waals surface area (Å²) < 4.78 is 5.29. The second-order valence-electron chi connectivity index (χ2n) is 19.1. The molecule has 3 saturated heterocycles. The van der Waals surface area contributed by atoms with E-state index in [2.05, 4.69) is 107 Å². The van der Waals surface area contributed by atoms with Crippen LogP contribution in [0.1, 0.15) is 143 Å². The molecule has 278 valence electrons. The fourth-order valence-electron chi connectivity index (χ4n) is 6.57. The number of hydrogen-bond donors (Lipinski definition) is 0. The Balaban J connectivity index is 0.000000329. The summed E-state index contributed by atoms with van der Waals surface area (Å²) in [4.78, 5) is 30.2. The number of piperidine rings is 1. The topological polar surface area (TPSA) is 53.1 Å². The standard InChI is InChI=1S/C14H17NO2.C10H21N.C9H18O.C8H17N.CH4/c1-14(2,3)8-9-15-12(16)10-6-4-5-7-11(10)13(15)17;1-10(2,3)9-5-7-11(4)8-6-9;1-9(2,3)8-4-6-10-7-5-8;1-8(2,3)7-5-9(4)6-7;/h4-7H,8-9H2,1-3H3;9H,5-8H2,1-4H3;8H,4-7H2,1-3H3;7H,5-6H2,1-4H3;1H4. The van der Waals surface area contributed by atoms with E-state index in [1.165, 1.54) is 56.8 Å². The summed E-state index contributed by atoms with van der Waals surface area (Å²) >= 11 is 0. The molecule has 0 bridgehead atoms. The normalized spacial score (nSPS) is 20.2. The van der Waals surface area contributed by atoms with Crippen molar-refractivity contribution in [2.24, 2.45) is 39.4 Å². The molecular weight excluding hydrogens is 594 g/mol. The maximum atomic E-state index is 12.0. The number of carbonyl (C=O) groups excluding carboxylic acids is 2. The van der Waals surface area contributed by atoms with Crippen LogP contribution in [0.25, 0.3) is 0 Å². The first-order valence-corrected chi connectivity index (χ1v) is 18.4. The molecule has 0 radical (unpaired) electrons. The van der Waals surface area contributed by atoms with Gasteiger partial charge in [-0.3, -0.25) is 14.5 Å². The summed E-state index contributed by atoms with van der Waals surface area (Å²) in [6, 6.07) is 7.01. The predicted octanol–water partition coefficient (Wildman–Crippen LogP) is 9.78. The number of fused-ring (bicyclic) bond motifs is 1. The molecule has 2 amide bonds. The van der Waals surface area contributed by atoms with Crippen molar-refractivity contribution in [2.45, 2.75) is 123 Å². The zero-order chi connectivity index (χ0) is 35.8. The van der Waals surface area contributed by atoms with Crippen LogP contribution in [-0.2, 0) is 4.74 Å². The summed E-state index contributed by atoms with van der Waals surface area (Å²) in [7, 11) is 4.40. The van der Waals surface area contributed by atoms with Crippen molar-refractivity contribution < 1.29 is 14.3 Å². The lowest BCUT2D eigenvalue weighted by Gasteiger charge is -2.44. The average Bonchev–Trinajstić information content (AvgIpc) is 3.19. The number of likely N-dealkylation sites (tertiary alicyclic amines) is 2. The number of amides is 2. The van der Waals surface area contributed by atoms with Crippen LogP contribution < -0.4 is 0 Å². The van der Waals surface area contributed by atoms with E-state index in [-0.39, 0.29) is 24.7 Å². The maximum Gasteiger partial charge on any atom is 0.261 e. The van der Waals surface area contributed by atoms with Gasteiger partial charge in [0.1, 0.15) is 0 Å². The van der Waals surface area contributed by atoms with Gasteiger partial charge in [0.05, 0.1) is 11.1 Å². The number of benzene rings is 1. The molecule has 0 atom stereocenters. The van der Waals surface area contributed by atoms with Gasteiger partial charge in [-0.05, 0) is 111 Å². The number of imide groups is 1. The van der Waals surface area contributed by atoms with Gasteiger partial charge < -0.3 is 14.5 Å². The van der Waals surface area contributed by atoms with Crippen molar-refractivity contribution in [3.05, 3.63) is 35.4 Å². The van der Waals surface area contributed by atoms with Gasteiger partial charge in [0, 0.05) is 32.8 Å². The fraction of sp³-hybridized carbons (Fsp3) is 0.810. The average molecular weight is 672 g/mol. The molecule has 4 heterocycles. The van der Waals surface area contributed by atoms with E-state index < -0.39 is 0 Å². The molecule has 0 unspecified atom stereocenters. The van der Waals surface area contributed by atoms with Gasteiger partial charge in [-0.15, -0.1) is 0 Å². The minimum Gasteiger partial charge on any atom is -0.381 e. The summed E-state index contributed by atoms with van der Waals surface area (Å²) in [5.41, 5.74) is 2.74. The third-order valence-electron chi connectivity index (χ3n) is 10.6. The number of ether oxygens (including phenoxy) is 1. The van der Waals surface area contributed by atoms with Gasteiger partial charge >= 0.3 is 0 Å². The molecule has 3 fully saturated rings. The highest BCUT2D eigenvalue weighted by Crippen LogP contribution is 2.35. The Labute approximate surface area is 297 Å². The van der Waals surface area contributed by atoms with Crippen molar-refractivity contribution >= 4 is 11.8 Å². The van der Waals surface area contributed by atoms with Crippen molar-refractivity contribution in [1.82, 2.24) is 14.7 Å². The van der Waals surface area contributed by atoms with Gasteiger partial charge in [-0.2, -0.15) is 0 Å². The molecule has 4 aliphatic heterocycles. The van der Waals surface area contributed by atoms with Gasteiger partial charge in [0.15, 0.2) is 0 Å². The molecule has 1 aromatic carbocycles. The van der Waals surface area contributed by atoms with Gasteiger partial charge in [-0.25, -0.2) is 0 Å². The van der Waals surface area contributed by atoms with Gasteiger partial charge in [0.25, 0.3) is 11.8 Å². The Kier molecular flexibility index (Phi) is 17.0. The van der Waals surface area contributed by atoms with E-state index in [9.17, 15) is 9.59 Å². The van der Waals surface area contributed by atoms with Crippen molar-refractivity contribution in [2.75, 3.05) is 60.0 Å². The lowest BCUT2D eigenvalue weighted by molar-refractivity contribution is 0.0286. The monoisotopic (exact) mass is 672 g/mol. The third kappa shape index (κ3) is 14.6. The van der Waals surface area contributed by atoms with Crippen LogP contribution in [0.2, 0.25) is 0 Å². The van der Waals surface area contributed by atoms with Crippen LogP contribution in [0.5, 0.6) is 0 Å². The predicted molar refractivity (Wildman–Crippen MR) is 206 cm³/mol. The van der Waals surface area contributed by atoms with E-state index in [1.807, 2.05) is 0 Å². The molecule has 6 nitrogen and oxygen atoms in total. The molecule has 48 heavy (non-hydrogen) atoms. The molecule has 6 heteroatoms. The number of rotatable bonds is 2. The summed E-state index contributed by atoms with van der Waals surface area (Å²) in [6.07, 6.45) is 6.10. The Hall–Kier alpha value is -1.76. The van der Waals surface area contributed by atoms with Crippen LogP contribution in [0.15, 0.2) is 24.3 Å². The molecule has 0 saturated carbocycles. The van der Waals surface area contributed by atoms with Crippen LogP contribution in [0.3, 0.4) is 0 Å². The minimum absolute atomic E-state index is 0. The molecule has 0 aliphatic carbocycles. The van der Waals surface area contributed by atoms with Gasteiger partial charge in [-0.1, -0.05) is 103 Å². The Morgan fingerprint density at radius 1 is 0.625 bits per heavy atom. The SMILES string of the molecule is C.CC(C)(C)C1CCOCC1.CC(C)(C)CCN1C(=O)c2ccccc2C1=O.CN1CC(C(C)(C)C)C1.CN1CCC(C(C)(C)C)CC1. The van der Waals surface area contributed by atoms with Crippen molar-refractivity contribution in [1.29, 1.82) is 0 Å². The molecule has 4 aliphatic rings. The summed E-state index contributed by atoms with van der Waals surface area (Å²) in [6.45, 7) is 35.0. The highest BCUT2D eigenvalue weighted by Gasteiger charge is 2.35. The van der Waals surface area contributed by atoms with Crippen LogP contribution in [0, 0.1) is 39.4 Å². The largest absolute Gasteiger partial charge is 0.381 e. The molecular formula is C42H77N3O3. The maximum absolute atomic E-state index is 12.0. The molecule has 0 spiro atoms. The first-order valence-electron chi connectivity index (χ1n) is 18.4.